The number of carbonyl (C=O) groups excluding carboxylic acids is 1. The van der Waals surface area contributed by atoms with Crippen molar-refractivity contribution in [3.05, 3.63) is 99.4 Å². The maximum absolute atomic E-state index is 12.2. The van der Waals surface area contributed by atoms with Gasteiger partial charge < -0.3 is 5.11 Å². The molecule has 0 fully saturated rings. The minimum Gasteiger partial charge on any atom is -0.512 e. The van der Waals surface area contributed by atoms with Gasteiger partial charge >= 0.3 is 0 Å². The van der Waals surface area contributed by atoms with Crippen LogP contribution >= 0.6 is 22.7 Å². The van der Waals surface area contributed by atoms with Gasteiger partial charge in [0.15, 0.2) is 5.78 Å². The second kappa shape index (κ2) is 18.2. The summed E-state index contributed by atoms with van der Waals surface area (Å²) in [7, 11) is 0. The average Bonchev–Trinajstić information content (AvgIpc) is 3.70. The molecule has 0 aliphatic carbocycles. The third-order valence-corrected chi connectivity index (χ3v) is 14.3. The number of fused-ring (bicyclic) bond motifs is 3. The molecule has 301 valence electrons. The number of nitrogens with zero attached hydrogens (tertiary/aromatic N) is 1. The van der Waals surface area contributed by atoms with Gasteiger partial charge in [0, 0.05) is 57.7 Å². The second-order valence-corrected chi connectivity index (χ2v) is 19.5. The van der Waals surface area contributed by atoms with Crippen molar-refractivity contribution in [1.29, 1.82) is 0 Å². The van der Waals surface area contributed by atoms with Gasteiger partial charge in [-0.1, -0.05) is 117 Å². The van der Waals surface area contributed by atoms with Crippen LogP contribution in [0, 0.1) is 36.7 Å². The van der Waals surface area contributed by atoms with E-state index in [2.05, 4.69) is 115 Å². The van der Waals surface area contributed by atoms with Gasteiger partial charge in [0.2, 0.25) is 0 Å². The summed E-state index contributed by atoms with van der Waals surface area (Å²) >= 11 is 3.66. The number of benzene rings is 3. The largest absolute Gasteiger partial charge is 0.512 e. The monoisotopic (exact) mass is 965 g/mol. The standard InChI is InChI=1S/C35H34NS2.C15H28O2.Ir/c1-20(2)14-26-19-37-32-13-12-24(16-28(26)32)29-18-31(36-34-33(29)21(3)22(4)38-34)25-15-23-10-8-9-11-27(23)30(17-25)35(5,6)7;1-7-14(5,8-2)12(16)11-13(17)15(6,9-3)10-4;/h8-13,16-20H,14H2,1-7H3;11,16H,7-10H2,1-6H3;/q-1;;/b;12-11-;. The van der Waals surface area contributed by atoms with Crippen LogP contribution in [0.15, 0.2) is 71.8 Å². The second-order valence-electron chi connectivity index (χ2n) is 17.4. The fourth-order valence-electron chi connectivity index (χ4n) is 7.24. The number of carbonyl (C=O) groups is 1. The van der Waals surface area contributed by atoms with E-state index in [-0.39, 0.29) is 47.9 Å². The summed E-state index contributed by atoms with van der Waals surface area (Å²) in [6.45, 7) is 28.0. The Balaban J connectivity index is 0.000000330. The van der Waals surface area contributed by atoms with E-state index in [0.717, 1.165) is 53.6 Å². The van der Waals surface area contributed by atoms with Crippen LogP contribution in [0.2, 0.25) is 0 Å². The fourth-order valence-corrected chi connectivity index (χ4v) is 9.25. The Hall–Kier alpha value is -3.15. The number of pyridine rings is 1. The number of hydrogen-bond acceptors (Lipinski definition) is 5. The molecule has 0 saturated heterocycles. The molecule has 0 aliphatic rings. The molecule has 0 spiro atoms. The molecular weight excluding hydrogens is 903 g/mol. The molecule has 3 aromatic heterocycles. The van der Waals surface area contributed by atoms with E-state index >= 15 is 0 Å². The smallest absolute Gasteiger partial charge is 0.164 e. The Bertz CT molecular complexity index is 2340. The van der Waals surface area contributed by atoms with Crippen LogP contribution in [-0.2, 0) is 36.7 Å². The van der Waals surface area contributed by atoms with E-state index in [1.165, 1.54) is 59.6 Å². The van der Waals surface area contributed by atoms with Crippen LogP contribution in [-0.4, -0.2) is 15.9 Å². The SMILES string of the molecule is CCC(C)(CC)C(=O)/C=C(\O)C(C)(CC)CC.Cc1sc2nc(-c3[c-]c4ccccc4c(C(C)(C)C)c3)cc(-c3ccc4scc(CC(C)C)c4c3)c2c1C.[Ir]. The molecule has 0 aliphatic heterocycles. The molecule has 3 aromatic carbocycles. The molecule has 3 nitrogen and oxygen atoms in total. The number of aliphatic hydroxyl groups excluding tert-OH is 1. The van der Waals surface area contributed by atoms with Gasteiger partial charge in [-0.2, -0.15) is 0 Å². The summed E-state index contributed by atoms with van der Waals surface area (Å²) in [6, 6.07) is 24.0. The summed E-state index contributed by atoms with van der Waals surface area (Å²) in [6.07, 6.45) is 5.86. The van der Waals surface area contributed by atoms with E-state index in [9.17, 15) is 9.90 Å². The first-order valence-corrected chi connectivity index (χ1v) is 21.9. The zero-order valence-electron chi connectivity index (χ0n) is 35.9. The van der Waals surface area contributed by atoms with E-state index in [0.29, 0.717) is 5.92 Å². The third-order valence-electron chi connectivity index (χ3n) is 12.2. The number of thiophene rings is 2. The Morgan fingerprint density at radius 3 is 2.12 bits per heavy atom. The van der Waals surface area contributed by atoms with Gasteiger partial charge in [0.25, 0.3) is 0 Å². The summed E-state index contributed by atoms with van der Waals surface area (Å²) in [5.41, 5.74) is 8.16. The van der Waals surface area contributed by atoms with Gasteiger partial charge in [0.1, 0.15) is 10.6 Å². The van der Waals surface area contributed by atoms with Gasteiger partial charge in [-0.25, -0.2) is 0 Å². The Labute approximate surface area is 358 Å². The van der Waals surface area contributed by atoms with Crippen LogP contribution in [0.4, 0.5) is 0 Å². The van der Waals surface area contributed by atoms with Crippen LogP contribution in [0.1, 0.15) is 123 Å². The Morgan fingerprint density at radius 2 is 1.52 bits per heavy atom. The number of ketones is 1. The first-order chi connectivity index (χ1) is 25.9. The summed E-state index contributed by atoms with van der Waals surface area (Å²) < 4.78 is 1.37. The molecular formula is C50H62IrNO2S2-. The van der Waals surface area contributed by atoms with Crippen molar-refractivity contribution in [2.24, 2.45) is 16.7 Å². The third kappa shape index (κ3) is 9.41. The van der Waals surface area contributed by atoms with Crippen molar-refractivity contribution in [1.82, 2.24) is 4.98 Å². The van der Waals surface area contributed by atoms with Crippen LogP contribution in [0.5, 0.6) is 0 Å². The summed E-state index contributed by atoms with van der Waals surface area (Å²) in [4.78, 5) is 19.9. The molecule has 56 heavy (non-hydrogen) atoms. The van der Waals surface area contributed by atoms with Crippen LogP contribution < -0.4 is 0 Å². The van der Waals surface area contributed by atoms with E-state index in [1.54, 1.807) is 11.3 Å². The molecule has 0 amide bonds. The van der Waals surface area contributed by atoms with Crippen molar-refractivity contribution < 1.29 is 30.0 Å². The number of aromatic nitrogens is 1. The Morgan fingerprint density at radius 1 is 0.875 bits per heavy atom. The van der Waals surface area contributed by atoms with E-state index in [4.69, 9.17) is 4.98 Å². The van der Waals surface area contributed by atoms with Gasteiger partial charge in [-0.3, -0.25) is 9.78 Å². The number of allylic oxidation sites excluding steroid dienone is 2. The molecule has 0 bridgehead atoms. The van der Waals surface area contributed by atoms with Crippen molar-refractivity contribution in [3.63, 3.8) is 0 Å². The molecule has 0 unspecified atom stereocenters. The van der Waals surface area contributed by atoms with Crippen molar-refractivity contribution in [2.75, 3.05) is 0 Å². The molecule has 0 saturated carbocycles. The molecule has 1 N–H and O–H groups in total. The van der Waals surface area contributed by atoms with Gasteiger partial charge in [-0.15, -0.1) is 51.8 Å². The van der Waals surface area contributed by atoms with Gasteiger partial charge in [-0.05, 0) is 102 Å². The molecule has 6 rings (SSSR count). The quantitative estimate of drug-likeness (QED) is 0.0800. The zero-order valence-corrected chi connectivity index (χ0v) is 39.9. The normalized spacial score (nSPS) is 12.6. The van der Waals surface area contributed by atoms with Gasteiger partial charge in [0.05, 0.1) is 0 Å². The minimum absolute atomic E-state index is 0. The van der Waals surface area contributed by atoms with Crippen molar-refractivity contribution in [3.8, 4) is 22.4 Å². The van der Waals surface area contributed by atoms with Crippen molar-refractivity contribution in [2.45, 2.75) is 128 Å². The molecule has 3 heterocycles. The van der Waals surface area contributed by atoms with E-state index in [1.807, 2.05) is 52.9 Å². The fraction of sp³-hybridized carbons (Fsp3) is 0.440. The first kappa shape index (κ1) is 45.6. The number of aliphatic hydroxyl groups is 1. The molecule has 6 heteroatoms. The maximum Gasteiger partial charge on any atom is 0.164 e. The maximum atomic E-state index is 12.2. The van der Waals surface area contributed by atoms with Crippen LogP contribution in [0.25, 0.3) is 53.5 Å². The molecule has 0 atom stereocenters. The number of rotatable bonds is 11. The summed E-state index contributed by atoms with van der Waals surface area (Å²) in [5, 5.41) is 17.6. The van der Waals surface area contributed by atoms with Crippen molar-refractivity contribution >= 4 is 59.5 Å². The number of aryl methyl sites for hydroxylation is 2. The zero-order chi connectivity index (χ0) is 40.5. The molecule has 1 radical (unpaired) electrons. The predicted octanol–water partition coefficient (Wildman–Crippen LogP) is 15.6. The summed E-state index contributed by atoms with van der Waals surface area (Å²) in [5.74, 6) is 0.923. The van der Waals surface area contributed by atoms with E-state index < -0.39 is 0 Å². The predicted molar refractivity (Wildman–Crippen MR) is 242 cm³/mol. The topological polar surface area (TPSA) is 50.2 Å². The number of hydrogen-bond donors (Lipinski definition) is 1. The first-order valence-electron chi connectivity index (χ1n) is 20.2. The van der Waals surface area contributed by atoms with Crippen LogP contribution in [0.3, 0.4) is 0 Å². The minimum atomic E-state index is -0.337. The Kier molecular flexibility index (Phi) is 14.8. The molecule has 6 aromatic rings. The average molecular weight is 965 g/mol.